The summed E-state index contributed by atoms with van der Waals surface area (Å²) in [6.07, 6.45) is 4.71. The number of primary amides is 1. The molecule has 158 valence electrons. The van der Waals surface area contributed by atoms with E-state index in [0.29, 0.717) is 33.8 Å². The van der Waals surface area contributed by atoms with Gasteiger partial charge in [0.1, 0.15) is 23.6 Å². The zero-order chi connectivity index (χ0) is 22.2. The Kier molecular flexibility index (Phi) is 5.38. The topological polar surface area (TPSA) is 130 Å². The Bertz CT molecular complexity index is 1180. The molecule has 0 bridgehead atoms. The van der Waals surface area contributed by atoms with Crippen molar-refractivity contribution >= 4 is 22.5 Å². The fraction of sp³-hybridized carbons (Fsp3) is 0.316. The van der Waals surface area contributed by atoms with E-state index in [4.69, 9.17) is 11.5 Å². The number of carbonyl (C=O) groups excluding carboxylic acids is 1. The van der Waals surface area contributed by atoms with Crippen molar-refractivity contribution in [1.29, 1.82) is 0 Å². The Morgan fingerprint density at radius 2 is 1.97 bits per heavy atom. The third kappa shape index (κ3) is 4.34. The number of hydrogen-bond acceptors (Lipinski definition) is 6. The van der Waals surface area contributed by atoms with Crippen LogP contribution in [0.5, 0.6) is 0 Å². The molecule has 3 aromatic rings. The number of nitrogens with two attached hydrogens (primary N) is 2. The normalized spacial score (nSPS) is 13.3. The van der Waals surface area contributed by atoms with Crippen LogP contribution in [0.3, 0.4) is 0 Å². The number of imidazole rings is 1. The van der Waals surface area contributed by atoms with Gasteiger partial charge in [-0.2, -0.15) is 5.10 Å². The Morgan fingerprint density at radius 1 is 1.27 bits per heavy atom. The van der Waals surface area contributed by atoms with Gasteiger partial charge in [-0.15, -0.1) is 0 Å². The van der Waals surface area contributed by atoms with E-state index in [1.165, 1.54) is 6.08 Å². The molecule has 0 aliphatic rings. The molecule has 1 amide bonds. The summed E-state index contributed by atoms with van der Waals surface area (Å²) in [5.41, 5.74) is 13.2. The van der Waals surface area contributed by atoms with Gasteiger partial charge in [0.05, 0.1) is 17.4 Å². The average molecular weight is 416 g/mol. The van der Waals surface area contributed by atoms with Gasteiger partial charge in [-0.25, -0.2) is 18.7 Å². The van der Waals surface area contributed by atoms with Crippen LogP contribution in [-0.4, -0.2) is 48.4 Å². The van der Waals surface area contributed by atoms with E-state index >= 15 is 0 Å². The van der Waals surface area contributed by atoms with Crippen LogP contribution in [0.1, 0.15) is 30.0 Å². The molecule has 3 aromatic heterocycles. The van der Waals surface area contributed by atoms with Gasteiger partial charge in [0.2, 0.25) is 0 Å². The summed E-state index contributed by atoms with van der Waals surface area (Å²) in [7, 11) is 3.45. The molecule has 11 heteroatoms. The third-order valence-electron chi connectivity index (χ3n) is 4.24. The molecular weight excluding hydrogens is 394 g/mol. The summed E-state index contributed by atoms with van der Waals surface area (Å²) >= 11 is 0. The number of nitrogens with zero attached hydrogens (tertiary/aromatic N) is 6. The van der Waals surface area contributed by atoms with Crippen LogP contribution < -0.4 is 11.5 Å². The SMILES string of the molecule is CC(N)=CC(=NCC(C)(F)F)c1cn(C)c(-c2nc(C(N)=O)cc3c2cnn3C)n1. The first-order valence-electron chi connectivity index (χ1n) is 8.99. The lowest BCUT2D eigenvalue weighted by molar-refractivity contribution is 0.0327. The van der Waals surface area contributed by atoms with E-state index in [1.54, 1.807) is 48.7 Å². The quantitative estimate of drug-likeness (QED) is 0.592. The maximum absolute atomic E-state index is 13.3. The van der Waals surface area contributed by atoms with Gasteiger partial charge in [-0.1, -0.05) is 0 Å². The van der Waals surface area contributed by atoms with E-state index in [0.717, 1.165) is 6.92 Å². The van der Waals surface area contributed by atoms with E-state index in [-0.39, 0.29) is 11.4 Å². The molecule has 0 fully saturated rings. The molecule has 0 aromatic carbocycles. The predicted octanol–water partition coefficient (Wildman–Crippen LogP) is 1.77. The number of hydrogen-bond donors (Lipinski definition) is 2. The van der Waals surface area contributed by atoms with Crippen molar-refractivity contribution in [2.45, 2.75) is 19.8 Å². The summed E-state index contributed by atoms with van der Waals surface area (Å²) in [6, 6.07) is 1.55. The van der Waals surface area contributed by atoms with Crippen molar-refractivity contribution in [2.75, 3.05) is 6.54 Å². The molecule has 30 heavy (non-hydrogen) atoms. The van der Waals surface area contributed by atoms with Gasteiger partial charge in [0.25, 0.3) is 11.8 Å². The zero-order valence-electron chi connectivity index (χ0n) is 17.0. The minimum atomic E-state index is -2.97. The molecule has 0 aliphatic carbocycles. The maximum Gasteiger partial charge on any atom is 0.267 e. The molecular formula is C19H22F2N8O. The Labute approximate surface area is 171 Å². The lowest BCUT2D eigenvalue weighted by atomic mass is 10.2. The highest BCUT2D eigenvalue weighted by Crippen LogP contribution is 2.27. The number of allylic oxidation sites excluding steroid dienone is 2. The van der Waals surface area contributed by atoms with Crippen molar-refractivity contribution in [2.24, 2.45) is 30.6 Å². The number of carbonyl (C=O) groups is 1. The Hall–Kier alpha value is -3.63. The second-order valence-corrected chi connectivity index (χ2v) is 7.14. The number of amides is 1. The lowest BCUT2D eigenvalue weighted by Gasteiger charge is -2.07. The fourth-order valence-corrected chi connectivity index (χ4v) is 2.89. The van der Waals surface area contributed by atoms with Crippen LogP contribution >= 0.6 is 0 Å². The Morgan fingerprint density at radius 3 is 2.57 bits per heavy atom. The lowest BCUT2D eigenvalue weighted by Crippen LogP contribution is -2.16. The Balaban J connectivity index is 2.19. The van der Waals surface area contributed by atoms with Gasteiger partial charge in [0.15, 0.2) is 5.82 Å². The summed E-state index contributed by atoms with van der Waals surface area (Å²) in [5, 5.41) is 4.86. The molecule has 0 radical (unpaired) electrons. The van der Waals surface area contributed by atoms with Crippen LogP contribution in [0.2, 0.25) is 0 Å². The highest BCUT2D eigenvalue weighted by atomic mass is 19.3. The van der Waals surface area contributed by atoms with E-state index in [9.17, 15) is 13.6 Å². The molecule has 4 N–H and O–H groups in total. The van der Waals surface area contributed by atoms with Crippen LogP contribution in [0.4, 0.5) is 8.78 Å². The average Bonchev–Trinajstić information content (AvgIpc) is 3.20. The second kappa shape index (κ2) is 7.65. The highest BCUT2D eigenvalue weighted by molar-refractivity contribution is 6.08. The van der Waals surface area contributed by atoms with Gasteiger partial charge >= 0.3 is 0 Å². The fourth-order valence-electron chi connectivity index (χ4n) is 2.89. The van der Waals surface area contributed by atoms with Crippen molar-refractivity contribution in [3.8, 4) is 11.5 Å². The van der Waals surface area contributed by atoms with Crippen molar-refractivity contribution < 1.29 is 13.6 Å². The summed E-state index contributed by atoms with van der Waals surface area (Å²) in [6.45, 7) is 1.70. The monoisotopic (exact) mass is 416 g/mol. The maximum atomic E-state index is 13.3. The number of aryl methyl sites for hydroxylation is 2. The summed E-state index contributed by atoms with van der Waals surface area (Å²) in [5.74, 6) is -3.27. The summed E-state index contributed by atoms with van der Waals surface area (Å²) in [4.78, 5) is 24.6. The number of fused-ring (bicyclic) bond motifs is 1. The molecule has 0 aliphatic heterocycles. The van der Waals surface area contributed by atoms with Crippen molar-refractivity contribution in [1.82, 2.24) is 24.3 Å². The number of aliphatic imine (C=N–C) groups is 1. The van der Waals surface area contributed by atoms with Gasteiger partial charge in [0, 0.05) is 38.3 Å². The van der Waals surface area contributed by atoms with Crippen LogP contribution in [0, 0.1) is 0 Å². The van der Waals surface area contributed by atoms with Gasteiger partial charge in [-0.3, -0.25) is 14.5 Å². The number of pyridine rings is 1. The van der Waals surface area contributed by atoms with Gasteiger partial charge in [-0.05, 0) is 19.1 Å². The first kappa shape index (κ1) is 21.1. The first-order chi connectivity index (χ1) is 14.0. The number of rotatable bonds is 6. The third-order valence-corrected chi connectivity index (χ3v) is 4.24. The molecule has 0 unspecified atom stereocenters. The molecule has 0 saturated carbocycles. The summed E-state index contributed by atoms with van der Waals surface area (Å²) < 4.78 is 29.9. The molecule has 0 atom stereocenters. The molecule has 3 heterocycles. The molecule has 0 spiro atoms. The van der Waals surface area contributed by atoms with E-state index in [1.807, 2.05) is 0 Å². The number of alkyl halides is 2. The second-order valence-electron chi connectivity index (χ2n) is 7.14. The first-order valence-corrected chi connectivity index (χ1v) is 8.99. The molecule has 3 rings (SSSR count). The van der Waals surface area contributed by atoms with E-state index in [2.05, 4.69) is 20.1 Å². The van der Waals surface area contributed by atoms with Crippen LogP contribution in [-0.2, 0) is 14.1 Å². The van der Waals surface area contributed by atoms with Crippen LogP contribution in [0.15, 0.2) is 35.2 Å². The van der Waals surface area contributed by atoms with E-state index < -0.39 is 18.4 Å². The van der Waals surface area contributed by atoms with Crippen LogP contribution in [0.25, 0.3) is 22.4 Å². The molecule has 9 nitrogen and oxygen atoms in total. The standard InChI is InChI=1S/C19H22F2N8O/c1-10(22)5-12(24-9-19(2,20)21)14-8-28(3)18(27-14)16-11-7-25-29(4)15(11)6-13(26-16)17(23)30/h5-8H,9,22H2,1-4H3,(H2,23,30). The minimum absolute atomic E-state index is 0.0582. The van der Waals surface area contributed by atoms with Gasteiger partial charge < -0.3 is 16.0 Å². The number of aromatic nitrogens is 5. The predicted molar refractivity (Wildman–Crippen MR) is 109 cm³/mol. The number of halogens is 2. The minimum Gasteiger partial charge on any atom is -0.402 e. The zero-order valence-corrected chi connectivity index (χ0v) is 17.0. The highest BCUT2D eigenvalue weighted by Gasteiger charge is 2.22. The molecule has 0 saturated heterocycles. The smallest absolute Gasteiger partial charge is 0.267 e. The largest absolute Gasteiger partial charge is 0.402 e. The van der Waals surface area contributed by atoms with Crippen molar-refractivity contribution in [3.05, 3.63) is 41.6 Å². The van der Waals surface area contributed by atoms with Crippen molar-refractivity contribution in [3.63, 3.8) is 0 Å².